The lowest BCUT2D eigenvalue weighted by atomic mass is 10.1. The summed E-state index contributed by atoms with van der Waals surface area (Å²) in [5.41, 5.74) is 0.864. The topological polar surface area (TPSA) is 49.3 Å². The van der Waals surface area contributed by atoms with Crippen LogP contribution >= 0.6 is 11.3 Å². The minimum atomic E-state index is -0.788. The van der Waals surface area contributed by atoms with Crippen molar-refractivity contribution in [3.63, 3.8) is 0 Å². The summed E-state index contributed by atoms with van der Waals surface area (Å²) in [4.78, 5) is 11.0. The lowest BCUT2D eigenvalue weighted by molar-refractivity contribution is -0.139. The Labute approximate surface area is 86.8 Å². The summed E-state index contributed by atoms with van der Waals surface area (Å²) in [5.74, 6) is -0.0838. The number of carboxylic acid groups (broad SMARTS) is 1. The number of hydrogen-bond donors (Lipinski definition) is 2. The molecule has 1 heterocycles. The number of carboxylic acids is 1. The third-order valence-electron chi connectivity index (χ3n) is 2.43. The van der Waals surface area contributed by atoms with Crippen molar-refractivity contribution in [1.29, 1.82) is 0 Å². The fraction of sp³-hybridized carbons (Fsp3) is 0.500. The highest BCUT2D eigenvalue weighted by atomic mass is 32.1. The normalized spacial score (nSPS) is 18.0. The fourth-order valence-electron chi connectivity index (χ4n) is 1.39. The number of hydrogen-bond acceptors (Lipinski definition) is 3. The summed E-state index contributed by atoms with van der Waals surface area (Å²) in [6, 6.07) is 1.34. The quantitative estimate of drug-likeness (QED) is 0.781. The van der Waals surface area contributed by atoms with Gasteiger partial charge in [0.1, 0.15) is 6.04 Å². The van der Waals surface area contributed by atoms with Crippen molar-refractivity contribution in [2.75, 3.05) is 6.54 Å². The monoisotopic (exact) mass is 211 g/mol. The van der Waals surface area contributed by atoms with E-state index in [-0.39, 0.29) is 0 Å². The van der Waals surface area contributed by atoms with Gasteiger partial charge in [-0.05, 0) is 47.7 Å². The number of carbonyl (C=O) groups is 1. The molecule has 1 atom stereocenters. The number of rotatable bonds is 5. The van der Waals surface area contributed by atoms with Gasteiger partial charge < -0.3 is 10.4 Å². The Morgan fingerprint density at radius 2 is 2.50 bits per heavy atom. The van der Waals surface area contributed by atoms with Gasteiger partial charge in [-0.15, -0.1) is 0 Å². The second kappa shape index (κ2) is 4.11. The van der Waals surface area contributed by atoms with Crippen LogP contribution in [-0.2, 0) is 4.79 Å². The van der Waals surface area contributed by atoms with E-state index >= 15 is 0 Å². The first-order valence-corrected chi connectivity index (χ1v) is 5.70. The number of thiophene rings is 1. The maximum atomic E-state index is 11.0. The predicted octanol–water partition coefficient (Wildman–Crippen LogP) is 1.87. The molecule has 1 aliphatic carbocycles. The average molecular weight is 211 g/mol. The van der Waals surface area contributed by atoms with E-state index in [9.17, 15) is 4.79 Å². The molecule has 1 aliphatic rings. The first kappa shape index (κ1) is 9.68. The number of nitrogens with one attached hydrogen (secondary N) is 1. The zero-order valence-corrected chi connectivity index (χ0v) is 8.59. The molecule has 0 aromatic carbocycles. The van der Waals surface area contributed by atoms with Gasteiger partial charge in [-0.2, -0.15) is 11.3 Å². The SMILES string of the molecule is O=C(O)C(NCC1CC1)c1ccsc1. The minimum Gasteiger partial charge on any atom is -0.480 e. The molecule has 0 spiro atoms. The summed E-state index contributed by atoms with van der Waals surface area (Å²) < 4.78 is 0. The van der Waals surface area contributed by atoms with Crippen molar-refractivity contribution in [2.24, 2.45) is 5.92 Å². The average Bonchev–Trinajstić information content (AvgIpc) is 2.80. The summed E-state index contributed by atoms with van der Waals surface area (Å²) in [5, 5.41) is 15.9. The molecule has 0 aliphatic heterocycles. The van der Waals surface area contributed by atoms with E-state index in [1.807, 2.05) is 16.8 Å². The van der Waals surface area contributed by atoms with Gasteiger partial charge in [0.25, 0.3) is 0 Å². The first-order valence-electron chi connectivity index (χ1n) is 4.75. The van der Waals surface area contributed by atoms with Crippen molar-refractivity contribution in [3.05, 3.63) is 22.4 Å². The van der Waals surface area contributed by atoms with Gasteiger partial charge in [0, 0.05) is 0 Å². The molecule has 0 bridgehead atoms. The third kappa shape index (κ3) is 2.33. The van der Waals surface area contributed by atoms with Crippen LogP contribution in [0.25, 0.3) is 0 Å². The molecule has 4 heteroatoms. The second-order valence-corrected chi connectivity index (χ2v) is 4.46. The van der Waals surface area contributed by atoms with Gasteiger partial charge in [0.2, 0.25) is 0 Å². The predicted molar refractivity (Wildman–Crippen MR) is 55.4 cm³/mol. The van der Waals surface area contributed by atoms with Crippen LogP contribution in [-0.4, -0.2) is 17.6 Å². The maximum Gasteiger partial charge on any atom is 0.325 e. The van der Waals surface area contributed by atoms with Crippen LogP contribution < -0.4 is 5.32 Å². The Kier molecular flexibility index (Phi) is 2.84. The molecule has 1 saturated carbocycles. The molecule has 1 aromatic heterocycles. The van der Waals surface area contributed by atoms with Crippen molar-refractivity contribution >= 4 is 17.3 Å². The second-order valence-electron chi connectivity index (χ2n) is 3.68. The highest BCUT2D eigenvalue weighted by molar-refractivity contribution is 7.08. The maximum absolute atomic E-state index is 11.0. The molecule has 1 aromatic rings. The molecular weight excluding hydrogens is 198 g/mol. The molecule has 0 saturated heterocycles. The highest BCUT2D eigenvalue weighted by Crippen LogP contribution is 2.28. The smallest absolute Gasteiger partial charge is 0.325 e. The Balaban J connectivity index is 1.96. The molecule has 0 amide bonds. The summed E-state index contributed by atoms with van der Waals surface area (Å²) in [7, 11) is 0. The zero-order valence-electron chi connectivity index (χ0n) is 7.77. The van der Waals surface area contributed by atoms with Gasteiger partial charge >= 0.3 is 5.97 Å². The summed E-state index contributed by atoms with van der Waals surface area (Å²) >= 11 is 1.53. The lowest BCUT2D eigenvalue weighted by Gasteiger charge is -2.12. The van der Waals surface area contributed by atoms with Crippen molar-refractivity contribution in [1.82, 2.24) is 5.32 Å². The van der Waals surface area contributed by atoms with Gasteiger partial charge in [-0.3, -0.25) is 4.79 Å². The molecule has 76 valence electrons. The Bertz CT molecular complexity index is 306. The zero-order chi connectivity index (χ0) is 9.97. The van der Waals surface area contributed by atoms with Crippen LogP contribution in [0.15, 0.2) is 16.8 Å². The molecule has 1 fully saturated rings. The largest absolute Gasteiger partial charge is 0.480 e. The molecule has 2 N–H and O–H groups in total. The van der Waals surface area contributed by atoms with Crippen molar-refractivity contribution in [3.8, 4) is 0 Å². The first-order chi connectivity index (χ1) is 6.77. The van der Waals surface area contributed by atoms with Crippen LogP contribution in [0.1, 0.15) is 24.4 Å². The minimum absolute atomic E-state index is 0.526. The summed E-state index contributed by atoms with van der Waals surface area (Å²) in [6.07, 6.45) is 2.48. The van der Waals surface area contributed by atoms with Crippen molar-refractivity contribution in [2.45, 2.75) is 18.9 Å². The van der Waals surface area contributed by atoms with Gasteiger partial charge in [-0.25, -0.2) is 0 Å². The molecule has 1 unspecified atom stereocenters. The molecule has 2 rings (SSSR count). The van der Waals surface area contributed by atoms with Crippen LogP contribution in [0.3, 0.4) is 0 Å². The van der Waals surface area contributed by atoms with Gasteiger partial charge in [-0.1, -0.05) is 0 Å². The van der Waals surface area contributed by atoms with E-state index < -0.39 is 12.0 Å². The van der Waals surface area contributed by atoms with E-state index in [4.69, 9.17) is 5.11 Å². The van der Waals surface area contributed by atoms with Gasteiger partial charge in [0.15, 0.2) is 0 Å². The van der Waals surface area contributed by atoms with E-state index in [0.29, 0.717) is 5.92 Å². The van der Waals surface area contributed by atoms with Crippen LogP contribution in [0.2, 0.25) is 0 Å². The van der Waals surface area contributed by atoms with E-state index in [1.54, 1.807) is 0 Å². The highest BCUT2D eigenvalue weighted by Gasteiger charge is 2.25. The Morgan fingerprint density at radius 1 is 1.71 bits per heavy atom. The Hall–Kier alpha value is -0.870. The van der Waals surface area contributed by atoms with Crippen LogP contribution in [0.4, 0.5) is 0 Å². The Morgan fingerprint density at radius 3 is 3.00 bits per heavy atom. The van der Waals surface area contributed by atoms with E-state index in [0.717, 1.165) is 12.1 Å². The summed E-state index contributed by atoms with van der Waals surface area (Å²) in [6.45, 7) is 0.826. The number of aliphatic carboxylic acids is 1. The standard InChI is InChI=1S/C10H13NO2S/c12-10(13)9(8-3-4-14-6-8)11-5-7-1-2-7/h3-4,6-7,9,11H,1-2,5H2,(H,12,13). The third-order valence-corrected chi connectivity index (χ3v) is 3.13. The van der Waals surface area contributed by atoms with Crippen LogP contribution in [0.5, 0.6) is 0 Å². The van der Waals surface area contributed by atoms with Gasteiger partial charge in [0.05, 0.1) is 0 Å². The van der Waals surface area contributed by atoms with E-state index in [2.05, 4.69) is 5.32 Å². The van der Waals surface area contributed by atoms with Crippen LogP contribution in [0, 0.1) is 5.92 Å². The molecule has 3 nitrogen and oxygen atoms in total. The van der Waals surface area contributed by atoms with E-state index in [1.165, 1.54) is 24.2 Å². The molecule has 0 radical (unpaired) electrons. The molecule has 14 heavy (non-hydrogen) atoms. The lowest BCUT2D eigenvalue weighted by Crippen LogP contribution is -2.29. The fourth-order valence-corrected chi connectivity index (χ4v) is 2.08. The molecular formula is C10H13NO2S. The van der Waals surface area contributed by atoms with Crippen molar-refractivity contribution < 1.29 is 9.90 Å².